The smallest absolute Gasteiger partial charge is 0.433 e. The Balaban J connectivity index is 2.79. The van der Waals surface area contributed by atoms with Gasteiger partial charge in [0.1, 0.15) is 5.69 Å². The van der Waals surface area contributed by atoms with E-state index in [2.05, 4.69) is 20.9 Å². The van der Waals surface area contributed by atoms with Crippen molar-refractivity contribution in [3.05, 3.63) is 33.9 Å². The van der Waals surface area contributed by atoms with E-state index in [1.807, 2.05) is 0 Å². The molecule has 0 bridgehead atoms. The van der Waals surface area contributed by atoms with Crippen LogP contribution in [0.25, 0.3) is 10.9 Å². The average Bonchev–Trinajstić information content (AvgIpc) is 2.31. The molecule has 0 aliphatic heterocycles. The number of alkyl halides is 3. The maximum absolute atomic E-state index is 12.5. The van der Waals surface area contributed by atoms with Crippen LogP contribution < -0.4 is 5.73 Å². The number of pyridine rings is 1. The summed E-state index contributed by atoms with van der Waals surface area (Å²) in [7, 11) is 0. The summed E-state index contributed by atoms with van der Waals surface area (Å²) < 4.78 is 37.8. The van der Waals surface area contributed by atoms with Gasteiger partial charge in [-0.05, 0) is 34.1 Å². The summed E-state index contributed by atoms with van der Waals surface area (Å²) in [4.78, 5) is 14.4. The van der Waals surface area contributed by atoms with E-state index in [-0.39, 0.29) is 21.2 Å². The summed E-state index contributed by atoms with van der Waals surface area (Å²) in [5, 5.41) is 9.24. The summed E-state index contributed by atoms with van der Waals surface area (Å²) in [6.07, 6.45) is -4.59. The number of nitrogens with two attached hydrogens (primary N) is 1. The Kier molecular flexibility index (Phi) is 3.13. The Morgan fingerprint density at radius 3 is 2.53 bits per heavy atom. The minimum atomic E-state index is -4.59. The topological polar surface area (TPSA) is 76.2 Å². The van der Waals surface area contributed by atoms with Gasteiger partial charge in [0, 0.05) is 5.39 Å². The Morgan fingerprint density at radius 2 is 2.00 bits per heavy atom. The van der Waals surface area contributed by atoms with Crippen LogP contribution in [0.4, 0.5) is 18.9 Å². The zero-order valence-corrected chi connectivity index (χ0v) is 10.7. The molecule has 1 heterocycles. The standard InChI is InChI=1S/C11H6BrF3N2O2/c12-8-4-1-2-7(11(13,14)15)17-6(4)3-5(9(8)16)10(18)19/h1-3H,16H2,(H,18,19). The molecule has 1 aromatic heterocycles. The van der Waals surface area contributed by atoms with Crippen molar-refractivity contribution in [1.82, 2.24) is 4.98 Å². The van der Waals surface area contributed by atoms with Crippen LogP contribution in [0.2, 0.25) is 0 Å². The molecule has 2 aromatic rings. The molecule has 3 N–H and O–H groups in total. The third kappa shape index (κ3) is 2.35. The molecule has 0 aliphatic rings. The molecule has 2 rings (SSSR count). The Bertz CT molecular complexity index is 686. The first-order valence-electron chi connectivity index (χ1n) is 4.91. The minimum absolute atomic E-state index is 0.0541. The van der Waals surface area contributed by atoms with E-state index in [9.17, 15) is 18.0 Å². The van der Waals surface area contributed by atoms with Gasteiger partial charge in [-0.25, -0.2) is 9.78 Å². The molecule has 0 radical (unpaired) electrons. The summed E-state index contributed by atoms with van der Waals surface area (Å²) >= 11 is 3.07. The first kappa shape index (κ1) is 13.6. The van der Waals surface area contributed by atoms with Crippen molar-refractivity contribution in [2.24, 2.45) is 0 Å². The number of aromatic carboxylic acids is 1. The second-order valence-electron chi connectivity index (χ2n) is 3.72. The van der Waals surface area contributed by atoms with Crippen LogP contribution in [0.15, 0.2) is 22.7 Å². The van der Waals surface area contributed by atoms with Gasteiger partial charge in [0.2, 0.25) is 0 Å². The summed E-state index contributed by atoms with van der Waals surface area (Å²) in [6, 6.07) is 3.03. The van der Waals surface area contributed by atoms with Crippen molar-refractivity contribution in [2.45, 2.75) is 6.18 Å². The highest BCUT2D eigenvalue weighted by Gasteiger charge is 2.32. The zero-order chi connectivity index (χ0) is 14.4. The van der Waals surface area contributed by atoms with Crippen LogP contribution in [0, 0.1) is 0 Å². The second-order valence-corrected chi connectivity index (χ2v) is 4.51. The van der Waals surface area contributed by atoms with Gasteiger partial charge < -0.3 is 10.8 Å². The van der Waals surface area contributed by atoms with Gasteiger partial charge in [0.15, 0.2) is 0 Å². The quantitative estimate of drug-likeness (QED) is 0.784. The molecular weight excluding hydrogens is 329 g/mol. The molecular formula is C11H6BrF3N2O2. The number of carbonyl (C=O) groups is 1. The molecule has 0 atom stereocenters. The number of halogens is 4. The number of benzene rings is 1. The highest BCUT2D eigenvalue weighted by atomic mass is 79.9. The first-order chi connectivity index (χ1) is 8.71. The number of rotatable bonds is 1. The lowest BCUT2D eigenvalue weighted by atomic mass is 10.1. The molecule has 0 aliphatic carbocycles. The molecule has 0 saturated heterocycles. The van der Waals surface area contributed by atoms with Gasteiger partial charge in [-0.2, -0.15) is 13.2 Å². The number of hydrogen-bond acceptors (Lipinski definition) is 3. The number of anilines is 1. The monoisotopic (exact) mass is 334 g/mol. The Morgan fingerprint density at radius 1 is 1.37 bits per heavy atom. The number of carboxylic acid groups (broad SMARTS) is 1. The molecule has 19 heavy (non-hydrogen) atoms. The van der Waals surface area contributed by atoms with E-state index < -0.39 is 17.8 Å². The van der Waals surface area contributed by atoms with Crippen molar-refractivity contribution in [1.29, 1.82) is 0 Å². The Hall–Kier alpha value is -1.83. The lowest BCUT2D eigenvalue weighted by Crippen LogP contribution is -2.09. The third-order valence-corrected chi connectivity index (χ3v) is 3.34. The first-order valence-corrected chi connectivity index (χ1v) is 5.70. The Labute approximate surface area is 113 Å². The molecule has 0 fully saturated rings. The van der Waals surface area contributed by atoms with Gasteiger partial charge in [-0.15, -0.1) is 0 Å². The van der Waals surface area contributed by atoms with E-state index in [4.69, 9.17) is 10.8 Å². The molecule has 0 spiro atoms. The van der Waals surface area contributed by atoms with Crippen LogP contribution in [0.1, 0.15) is 16.1 Å². The van der Waals surface area contributed by atoms with Crippen molar-refractivity contribution in [2.75, 3.05) is 5.73 Å². The predicted molar refractivity (Wildman–Crippen MR) is 65.8 cm³/mol. The van der Waals surface area contributed by atoms with E-state index in [0.717, 1.165) is 12.1 Å². The van der Waals surface area contributed by atoms with Crippen molar-refractivity contribution in [3.63, 3.8) is 0 Å². The number of carboxylic acids is 1. The lowest BCUT2D eigenvalue weighted by Gasteiger charge is -2.10. The van der Waals surface area contributed by atoms with E-state index in [0.29, 0.717) is 5.39 Å². The van der Waals surface area contributed by atoms with Crippen molar-refractivity contribution < 1.29 is 23.1 Å². The van der Waals surface area contributed by atoms with E-state index in [1.54, 1.807) is 0 Å². The number of fused-ring (bicyclic) bond motifs is 1. The average molecular weight is 335 g/mol. The molecule has 100 valence electrons. The molecule has 1 aromatic carbocycles. The van der Waals surface area contributed by atoms with Crippen molar-refractivity contribution >= 4 is 38.5 Å². The lowest BCUT2D eigenvalue weighted by molar-refractivity contribution is -0.140. The third-order valence-electron chi connectivity index (χ3n) is 2.49. The highest BCUT2D eigenvalue weighted by molar-refractivity contribution is 9.10. The normalized spacial score (nSPS) is 11.8. The fourth-order valence-electron chi connectivity index (χ4n) is 1.58. The molecule has 0 unspecified atom stereocenters. The van der Waals surface area contributed by atoms with Gasteiger partial charge in [-0.1, -0.05) is 0 Å². The second kappa shape index (κ2) is 4.37. The number of aromatic nitrogens is 1. The van der Waals surface area contributed by atoms with Crippen LogP contribution in [-0.4, -0.2) is 16.1 Å². The number of nitrogen functional groups attached to an aromatic ring is 1. The molecule has 8 heteroatoms. The van der Waals surface area contributed by atoms with Gasteiger partial charge >= 0.3 is 12.1 Å². The van der Waals surface area contributed by atoms with E-state index in [1.165, 1.54) is 6.07 Å². The molecule has 4 nitrogen and oxygen atoms in total. The summed E-state index contributed by atoms with van der Waals surface area (Å²) in [5.74, 6) is -1.33. The fourth-order valence-corrected chi connectivity index (χ4v) is 2.13. The maximum atomic E-state index is 12.5. The van der Waals surface area contributed by atoms with E-state index >= 15 is 0 Å². The predicted octanol–water partition coefficient (Wildman–Crippen LogP) is 3.30. The van der Waals surface area contributed by atoms with Gasteiger partial charge in [-0.3, -0.25) is 0 Å². The van der Waals surface area contributed by atoms with Crippen LogP contribution >= 0.6 is 15.9 Å². The summed E-state index contributed by atoms with van der Waals surface area (Å²) in [5.41, 5.74) is 4.06. The summed E-state index contributed by atoms with van der Waals surface area (Å²) in [6.45, 7) is 0. The van der Waals surface area contributed by atoms with Gasteiger partial charge in [0.25, 0.3) is 0 Å². The zero-order valence-electron chi connectivity index (χ0n) is 9.12. The number of nitrogens with zero attached hydrogens (tertiary/aromatic N) is 1. The van der Waals surface area contributed by atoms with Crippen LogP contribution in [0.3, 0.4) is 0 Å². The van der Waals surface area contributed by atoms with Gasteiger partial charge in [0.05, 0.1) is 21.2 Å². The minimum Gasteiger partial charge on any atom is -0.478 e. The highest BCUT2D eigenvalue weighted by Crippen LogP contribution is 2.35. The van der Waals surface area contributed by atoms with Crippen LogP contribution in [0.5, 0.6) is 0 Å². The molecule has 0 amide bonds. The van der Waals surface area contributed by atoms with Crippen LogP contribution in [-0.2, 0) is 6.18 Å². The fraction of sp³-hybridized carbons (Fsp3) is 0.0909. The number of hydrogen-bond donors (Lipinski definition) is 2. The maximum Gasteiger partial charge on any atom is 0.433 e. The molecule has 0 saturated carbocycles. The largest absolute Gasteiger partial charge is 0.478 e. The SMILES string of the molecule is Nc1c(C(=O)O)cc2nc(C(F)(F)F)ccc2c1Br. The van der Waals surface area contributed by atoms with Crippen molar-refractivity contribution in [3.8, 4) is 0 Å².